The van der Waals surface area contributed by atoms with Crippen LogP contribution in [0.5, 0.6) is 0 Å². The normalized spacial score (nSPS) is 12.4. The van der Waals surface area contributed by atoms with Crippen LogP contribution < -0.4 is 10.7 Å². The lowest BCUT2D eigenvalue weighted by atomic mass is 10.2. The Hall–Kier alpha value is -1.39. The molecule has 5 heteroatoms. The maximum Gasteiger partial charge on any atom is 0.220 e. The predicted molar refractivity (Wildman–Crippen MR) is 59.2 cm³/mol. The Labute approximate surface area is 90.8 Å². The van der Waals surface area contributed by atoms with Crippen molar-refractivity contribution in [1.29, 1.82) is 5.53 Å². The van der Waals surface area contributed by atoms with Crippen molar-refractivity contribution in [2.24, 2.45) is 5.22 Å². The van der Waals surface area contributed by atoms with E-state index in [9.17, 15) is 4.79 Å². The van der Waals surface area contributed by atoms with E-state index in [-0.39, 0.29) is 11.9 Å². The lowest BCUT2D eigenvalue weighted by Gasteiger charge is -2.11. The first-order valence-electron chi connectivity index (χ1n) is 5.27. The first-order valence-corrected chi connectivity index (χ1v) is 5.27. The van der Waals surface area contributed by atoms with Crippen molar-refractivity contribution in [3.05, 3.63) is 12.3 Å². The van der Waals surface area contributed by atoms with Gasteiger partial charge in [-0.25, -0.2) is 0 Å². The first-order chi connectivity index (χ1) is 7.20. The second-order valence-electron chi connectivity index (χ2n) is 3.44. The minimum Gasteiger partial charge on any atom is -0.354 e. The average Bonchev–Trinajstić information content (AvgIpc) is 2.17. The maximum absolute atomic E-state index is 11.3. The van der Waals surface area contributed by atoms with E-state index in [4.69, 9.17) is 5.53 Å². The Bertz CT molecular complexity index is 215. The average molecular weight is 212 g/mol. The van der Waals surface area contributed by atoms with Crippen molar-refractivity contribution in [3.63, 3.8) is 0 Å². The summed E-state index contributed by atoms with van der Waals surface area (Å²) in [7, 11) is 0. The fourth-order valence-corrected chi connectivity index (χ4v) is 1.24. The molecule has 0 bridgehead atoms. The predicted octanol–water partition coefficient (Wildman–Crippen LogP) is 2.12. The highest BCUT2D eigenvalue weighted by Gasteiger charge is 2.04. The van der Waals surface area contributed by atoms with Crippen molar-refractivity contribution in [2.45, 2.75) is 45.6 Å². The summed E-state index contributed by atoms with van der Waals surface area (Å²) < 4.78 is 0. The number of allylic oxidation sites excluding steroid dienone is 1. The molecule has 0 unspecified atom stereocenters. The molecule has 86 valence electrons. The van der Waals surface area contributed by atoms with E-state index in [2.05, 4.69) is 22.9 Å². The molecule has 0 fully saturated rings. The van der Waals surface area contributed by atoms with Crippen LogP contribution in [0.3, 0.4) is 0 Å². The summed E-state index contributed by atoms with van der Waals surface area (Å²) in [6, 6.07) is 0.257. The number of nitrogens with zero attached hydrogens (tertiary/aromatic N) is 1. The van der Waals surface area contributed by atoms with Crippen LogP contribution in [-0.2, 0) is 4.79 Å². The summed E-state index contributed by atoms with van der Waals surface area (Å²) in [5.74, 6) is 0.0726. The smallest absolute Gasteiger partial charge is 0.220 e. The van der Waals surface area contributed by atoms with Gasteiger partial charge >= 0.3 is 0 Å². The fourth-order valence-electron chi connectivity index (χ4n) is 1.24. The molecule has 0 aliphatic carbocycles. The summed E-state index contributed by atoms with van der Waals surface area (Å²) in [5.41, 5.74) is 8.81. The van der Waals surface area contributed by atoms with Gasteiger partial charge < -0.3 is 5.32 Å². The number of carbonyl (C=O) groups excluding carboxylic acids is 1. The Morgan fingerprint density at radius 3 is 2.93 bits per heavy atom. The van der Waals surface area contributed by atoms with E-state index in [1.807, 2.05) is 6.92 Å². The monoisotopic (exact) mass is 212 g/mol. The van der Waals surface area contributed by atoms with E-state index < -0.39 is 0 Å². The Morgan fingerprint density at radius 2 is 2.33 bits per heavy atom. The largest absolute Gasteiger partial charge is 0.354 e. The Morgan fingerprint density at radius 1 is 1.60 bits per heavy atom. The molecule has 0 saturated carbocycles. The van der Waals surface area contributed by atoms with Gasteiger partial charge in [0.15, 0.2) is 0 Å². The molecule has 1 amide bonds. The van der Waals surface area contributed by atoms with Gasteiger partial charge in [-0.05, 0) is 19.8 Å². The van der Waals surface area contributed by atoms with E-state index in [1.165, 1.54) is 0 Å². The van der Waals surface area contributed by atoms with Crippen molar-refractivity contribution >= 4 is 5.91 Å². The number of amides is 1. The van der Waals surface area contributed by atoms with E-state index in [0.29, 0.717) is 12.8 Å². The minimum atomic E-state index is 0.0726. The highest BCUT2D eigenvalue weighted by Crippen LogP contribution is 1.97. The molecule has 15 heavy (non-hydrogen) atoms. The van der Waals surface area contributed by atoms with Crippen molar-refractivity contribution in [1.82, 2.24) is 10.7 Å². The second kappa shape index (κ2) is 9.18. The zero-order valence-electron chi connectivity index (χ0n) is 9.42. The fraction of sp³-hybridized carbons (Fsp3) is 0.700. The topological polar surface area (TPSA) is 77.3 Å². The summed E-state index contributed by atoms with van der Waals surface area (Å²) in [4.78, 5) is 11.3. The molecule has 0 radical (unpaired) electrons. The highest BCUT2D eigenvalue weighted by molar-refractivity contribution is 5.76. The summed E-state index contributed by atoms with van der Waals surface area (Å²) in [6.45, 7) is 4.11. The molecule has 1 atom stereocenters. The van der Waals surface area contributed by atoms with Gasteiger partial charge in [0, 0.05) is 18.7 Å². The molecule has 0 aliphatic heterocycles. The van der Waals surface area contributed by atoms with E-state index >= 15 is 0 Å². The molecule has 0 aliphatic rings. The third-order valence-electron chi connectivity index (χ3n) is 1.92. The Balaban J connectivity index is 3.52. The van der Waals surface area contributed by atoms with Crippen LogP contribution in [0.4, 0.5) is 0 Å². The Kier molecular flexibility index (Phi) is 8.33. The molecular weight excluding hydrogens is 192 g/mol. The second-order valence-corrected chi connectivity index (χ2v) is 3.44. The molecule has 0 saturated heterocycles. The zero-order chi connectivity index (χ0) is 11.5. The van der Waals surface area contributed by atoms with Crippen LogP contribution in [0.25, 0.3) is 0 Å². The molecule has 5 nitrogen and oxygen atoms in total. The van der Waals surface area contributed by atoms with Gasteiger partial charge in [-0.1, -0.05) is 24.6 Å². The molecule has 0 aromatic carbocycles. The first kappa shape index (κ1) is 13.6. The molecule has 0 rings (SSSR count). The van der Waals surface area contributed by atoms with Crippen molar-refractivity contribution in [2.75, 3.05) is 0 Å². The standard InChI is InChI=1S/C10H20N4O/c1-3-6-9(2)13-10(15)7-4-5-8-12-14-11/h5,8-9H,3-4,6-7H2,1-2H3,(H2,11,12)(H,13,15)/b8-5+/t9-/m1/s1. The van der Waals surface area contributed by atoms with E-state index in [1.54, 1.807) is 12.3 Å². The minimum absolute atomic E-state index is 0.0726. The quantitative estimate of drug-likeness (QED) is 0.425. The van der Waals surface area contributed by atoms with Crippen LogP contribution in [0.1, 0.15) is 39.5 Å². The van der Waals surface area contributed by atoms with Gasteiger partial charge in [-0.3, -0.25) is 10.2 Å². The van der Waals surface area contributed by atoms with Gasteiger partial charge in [0.1, 0.15) is 0 Å². The summed E-state index contributed by atoms with van der Waals surface area (Å²) in [6.07, 6.45) is 6.56. The molecule has 0 aromatic heterocycles. The zero-order valence-corrected chi connectivity index (χ0v) is 9.42. The van der Waals surface area contributed by atoms with Gasteiger partial charge in [0.05, 0.1) is 0 Å². The number of nitrogens with one attached hydrogen (secondary N) is 3. The lowest BCUT2D eigenvalue weighted by Crippen LogP contribution is -2.31. The number of hydrogen-bond donors (Lipinski definition) is 3. The van der Waals surface area contributed by atoms with Gasteiger partial charge in [0.2, 0.25) is 5.91 Å². The van der Waals surface area contributed by atoms with Crippen molar-refractivity contribution < 1.29 is 4.79 Å². The lowest BCUT2D eigenvalue weighted by molar-refractivity contribution is -0.121. The van der Waals surface area contributed by atoms with Gasteiger partial charge in [-0.2, -0.15) is 5.53 Å². The van der Waals surface area contributed by atoms with Crippen LogP contribution in [0.2, 0.25) is 0 Å². The molecule has 0 heterocycles. The number of rotatable bonds is 8. The number of hydrogen-bond acceptors (Lipinski definition) is 3. The third-order valence-corrected chi connectivity index (χ3v) is 1.92. The SMILES string of the molecule is CCC[C@@H](C)NC(=O)CC/C=C/NN=N. The summed E-state index contributed by atoms with van der Waals surface area (Å²) >= 11 is 0. The summed E-state index contributed by atoms with van der Waals surface area (Å²) in [5, 5.41) is 5.86. The molecule has 0 spiro atoms. The van der Waals surface area contributed by atoms with Crippen LogP contribution in [0.15, 0.2) is 17.5 Å². The molecule has 0 aromatic rings. The van der Waals surface area contributed by atoms with Crippen LogP contribution in [0, 0.1) is 5.53 Å². The highest BCUT2D eigenvalue weighted by atomic mass is 16.1. The van der Waals surface area contributed by atoms with E-state index in [0.717, 1.165) is 12.8 Å². The van der Waals surface area contributed by atoms with Crippen LogP contribution in [-0.4, -0.2) is 11.9 Å². The van der Waals surface area contributed by atoms with Gasteiger partial charge in [0.25, 0.3) is 0 Å². The third kappa shape index (κ3) is 8.93. The number of carbonyl (C=O) groups is 1. The molecule has 3 N–H and O–H groups in total. The van der Waals surface area contributed by atoms with Crippen molar-refractivity contribution in [3.8, 4) is 0 Å². The van der Waals surface area contributed by atoms with Crippen LogP contribution >= 0.6 is 0 Å². The van der Waals surface area contributed by atoms with Gasteiger partial charge in [-0.15, -0.1) is 0 Å². The molecular formula is C10H20N4O. The maximum atomic E-state index is 11.3.